The second-order valence-corrected chi connectivity index (χ2v) is 7.02. The van der Waals surface area contributed by atoms with E-state index in [1.807, 2.05) is 30.3 Å². The summed E-state index contributed by atoms with van der Waals surface area (Å²) in [5.41, 5.74) is 2.45. The van der Waals surface area contributed by atoms with Crippen molar-refractivity contribution in [3.8, 4) is 0 Å². The van der Waals surface area contributed by atoms with E-state index in [-0.39, 0.29) is 18.4 Å². The molecule has 142 valence electrons. The Balaban J connectivity index is 1.42. The minimum Gasteiger partial charge on any atom is -0.349 e. The van der Waals surface area contributed by atoms with Crippen molar-refractivity contribution >= 4 is 17.5 Å². The first kappa shape index (κ1) is 19.1. The minimum atomic E-state index is -0.106. The molecule has 0 radical (unpaired) electrons. The molecule has 27 heavy (non-hydrogen) atoms. The molecule has 2 aromatic carbocycles. The van der Waals surface area contributed by atoms with Crippen LogP contribution in [0.15, 0.2) is 54.6 Å². The van der Waals surface area contributed by atoms with Crippen LogP contribution in [-0.2, 0) is 11.3 Å². The molecule has 1 saturated carbocycles. The van der Waals surface area contributed by atoms with Gasteiger partial charge in [-0.05, 0) is 42.7 Å². The van der Waals surface area contributed by atoms with E-state index < -0.39 is 0 Å². The second kappa shape index (κ2) is 9.88. The molecule has 3 rings (SSSR count). The summed E-state index contributed by atoms with van der Waals surface area (Å²) in [6.45, 7) is 0.882. The fraction of sp³-hybridized carbons (Fsp3) is 0.364. The Morgan fingerprint density at radius 2 is 1.59 bits per heavy atom. The number of carbonyl (C=O) groups is 2. The van der Waals surface area contributed by atoms with Gasteiger partial charge in [0.05, 0.1) is 6.54 Å². The molecule has 0 unspecified atom stereocenters. The second-order valence-electron chi connectivity index (χ2n) is 7.02. The number of benzene rings is 2. The molecule has 1 fully saturated rings. The van der Waals surface area contributed by atoms with Gasteiger partial charge in [-0.2, -0.15) is 0 Å². The lowest BCUT2D eigenvalue weighted by Crippen LogP contribution is -2.36. The Bertz CT molecular complexity index is 738. The van der Waals surface area contributed by atoms with E-state index in [0.717, 1.165) is 18.4 Å². The van der Waals surface area contributed by atoms with E-state index >= 15 is 0 Å². The highest BCUT2D eigenvalue weighted by Gasteiger charge is 2.16. The highest BCUT2D eigenvalue weighted by molar-refractivity contribution is 5.96. The quantitative estimate of drug-likeness (QED) is 0.703. The molecule has 3 N–H and O–H groups in total. The summed E-state index contributed by atoms with van der Waals surface area (Å²) in [6, 6.07) is 17.3. The van der Waals surface area contributed by atoms with E-state index in [4.69, 9.17) is 0 Å². The van der Waals surface area contributed by atoms with E-state index in [2.05, 4.69) is 16.0 Å². The van der Waals surface area contributed by atoms with Gasteiger partial charge in [-0.25, -0.2) is 0 Å². The highest BCUT2D eigenvalue weighted by Crippen LogP contribution is 2.18. The van der Waals surface area contributed by atoms with E-state index in [9.17, 15) is 9.59 Å². The van der Waals surface area contributed by atoms with Crippen LogP contribution >= 0.6 is 0 Å². The summed E-state index contributed by atoms with van der Waals surface area (Å²) in [5.74, 6) is -0.144. The first-order valence-electron chi connectivity index (χ1n) is 9.66. The van der Waals surface area contributed by atoms with E-state index in [1.165, 1.54) is 19.3 Å². The van der Waals surface area contributed by atoms with Gasteiger partial charge in [0.25, 0.3) is 5.91 Å². The number of hydrogen-bond acceptors (Lipinski definition) is 3. The molecule has 1 aliphatic carbocycles. The summed E-state index contributed by atoms with van der Waals surface area (Å²) in [6.07, 6.45) is 5.77. The van der Waals surface area contributed by atoms with Gasteiger partial charge in [-0.1, -0.05) is 49.6 Å². The third-order valence-electron chi connectivity index (χ3n) is 4.83. The molecular formula is C22H27N3O2. The lowest BCUT2D eigenvalue weighted by atomic mass is 9.95. The van der Waals surface area contributed by atoms with Crippen LogP contribution in [0.25, 0.3) is 0 Å². The van der Waals surface area contributed by atoms with E-state index in [0.29, 0.717) is 23.8 Å². The van der Waals surface area contributed by atoms with Crippen LogP contribution in [0.3, 0.4) is 0 Å². The van der Waals surface area contributed by atoms with Crippen LogP contribution in [0.4, 0.5) is 5.69 Å². The Kier molecular flexibility index (Phi) is 6.99. The summed E-state index contributed by atoms with van der Waals surface area (Å²) < 4.78 is 0. The summed E-state index contributed by atoms with van der Waals surface area (Å²) in [4.78, 5) is 24.3. The molecule has 5 nitrogen and oxygen atoms in total. The highest BCUT2D eigenvalue weighted by atomic mass is 16.2. The Hall–Kier alpha value is -2.66. The summed E-state index contributed by atoms with van der Waals surface area (Å²) in [7, 11) is 0. The van der Waals surface area contributed by atoms with Gasteiger partial charge in [0.1, 0.15) is 0 Å². The number of carbonyl (C=O) groups excluding carboxylic acids is 2. The molecule has 0 saturated heterocycles. The zero-order valence-corrected chi connectivity index (χ0v) is 15.5. The maximum atomic E-state index is 12.3. The van der Waals surface area contributed by atoms with Crippen molar-refractivity contribution in [2.45, 2.75) is 44.7 Å². The van der Waals surface area contributed by atoms with Crippen LogP contribution in [0, 0.1) is 0 Å². The molecule has 0 heterocycles. The standard InChI is InChI=1S/C22H27N3O2/c26-21(16-23-15-17-7-3-1-4-8-17)24-20-13-11-18(12-14-20)22(27)25-19-9-5-2-6-10-19/h1,3-4,7-8,11-14,19,23H,2,5-6,9-10,15-16H2,(H,24,26)(H,25,27). The number of amides is 2. The monoisotopic (exact) mass is 365 g/mol. The maximum Gasteiger partial charge on any atom is 0.251 e. The molecule has 0 aliphatic heterocycles. The Morgan fingerprint density at radius 1 is 0.889 bits per heavy atom. The summed E-state index contributed by atoms with van der Waals surface area (Å²) in [5, 5.41) is 9.07. The van der Waals surface area contributed by atoms with Crippen LogP contribution in [0.5, 0.6) is 0 Å². The smallest absolute Gasteiger partial charge is 0.251 e. The predicted molar refractivity (Wildman–Crippen MR) is 108 cm³/mol. The first-order valence-corrected chi connectivity index (χ1v) is 9.66. The molecule has 2 amide bonds. The van der Waals surface area contributed by atoms with Gasteiger partial charge in [-0.3, -0.25) is 9.59 Å². The van der Waals surface area contributed by atoms with Crippen molar-refractivity contribution in [2.75, 3.05) is 11.9 Å². The third kappa shape index (κ3) is 6.22. The molecular weight excluding hydrogens is 338 g/mol. The maximum absolute atomic E-state index is 12.3. The summed E-state index contributed by atoms with van der Waals surface area (Å²) >= 11 is 0. The topological polar surface area (TPSA) is 70.2 Å². The van der Waals surface area contributed by atoms with Crippen LogP contribution in [0.2, 0.25) is 0 Å². The number of anilines is 1. The van der Waals surface area contributed by atoms with Gasteiger partial charge < -0.3 is 16.0 Å². The van der Waals surface area contributed by atoms with Crippen LogP contribution in [0.1, 0.15) is 48.0 Å². The van der Waals surface area contributed by atoms with Gasteiger partial charge in [0, 0.05) is 23.8 Å². The van der Waals surface area contributed by atoms with Gasteiger partial charge in [0.2, 0.25) is 5.91 Å². The lowest BCUT2D eigenvalue weighted by molar-refractivity contribution is -0.115. The zero-order chi connectivity index (χ0) is 18.9. The van der Waals surface area contributed by atoms with Crippen molar-refractivity contribution in [3.63, 3.8) is 0 Å². The zero-order valence-electron chi connectivity index (χ0n) is 15.5. The molecule has 0 spiro atoms. The molecule has 2 aromatic rings. The number of nitrogens with one attached hydrogen (secondary N) is 3. The van der Waals surface area contributed by atoms with Crippen molar-refractivity contribution in [1.82, 2.24) is 10.6 Å². The average molecular weight is 365 g/mol. The van der Waals surface area contributed by atoms with Crippen LogP contribution < -0.4 is 16.0 Å². The van der Waals surface area contributed by atoms with Crippen molar-refractivity contribution < 1.29 is 9.59 Å². The van der Waals surface area contributed by atoms with Gasteiger partial charge in [0.15, 0.2) is 0 Å². The van der Waals surface area contributed by atoms with Crippen molar-refractivity contribution in [2.24, 2.45) is 0 Å². The van der Waals surface area contributed by atoms with Crippen molar-refractivity contribution in [3.05, 3.63) is 65.7 Å². The first-order chi connectivity index (χ1) is 13.2. The van der Waals surface area contributed by atoms with E-state index in [1.54, 1.807) is 24.3 Å². The fourth-order valence-corrected chi connectivity index (χ4v) is 3.34. The minimum absolute atomic E-state index is 0.0377. The molecule has 0 bridgehead atoms. The fourth-order valence-electron chi connectivity index (χ4n) is 3.34. The molecule has 5 heteroatoms. The Labute approximate surface area is 160 Å². The van der Waals surface area contributed by atoms with Gasteiger partial charge >= 0.3 is 0 Å². The molecule has 1 aliphatic rings. The van der Waals surface area contributed by atoms with Gasteiger partial charge in [-0.15, -0.1) is 0 Å². The Morgan fingerprint density at radius 3 is 2.30 bits per heavy atom. The van der Waals surface area contributed by atoms with Crippen molar-refractivity contribution in [1.29, 1.82) is 0 Å². The molecule has 0 aromatic heterocycles. The number of hydrogen-bond donors (Lipinski definition) is 3. The molecule has 0 atom stereocenters. The SMILES string of the molecule is O=C(CNCc1ccccc1)Nc1ccc(C(=O)NC2CCCCC2)cc1. The largest absolute Gasteiger partial charge is 0.349 e. The predicted octanol–water partition coefficient (Wildman–Crippen LogP) is 3.48. The number of rotatable bonds is 7. The normalized spacial score (nSPS) is 14.5. The lowest BCUT2D eigenvalue weighted by Gasteiger charge is -2.22. The average Bonchev–Trinajstić information content (AvgIpc) is 2.70. The third-order valence-corrected chi connectivity index (χ3v) is 4.83. The van der Waals surface area contributed by atoms with Crippen LogP contribution in [-0.4, -0.2) is 24.4 Å².